The van der Waals surface area contributed by atoms with Crippen LogP contribution in [0.5, 0.6) is 0 Å². The summed E-state index contributed by atoms with van der Waals surface area (Å²) in [6.45, 7) is 10.6. The Labute approximate surface area is 80.4 Å². The molecule has 0 aromatic carbocycles. The average Bonchev–Trinajstić information content (AvgIpc) is 1.94. The molecule has 1 aromatic rings. The Bertz CT molecular complexity index is 297. The standard InChI is InChI=1S/C11H18N2/c1-8-9(2)13-10(7-12-8)6-11(3,4)5/h7H,6H2,1-5H3. The van der Waals surface area contributed by atoms with Crippen molar-refractivity contribution < 1.29 is 0 Å². The largest absolute Gasteiger partial charge is 0.258 e. The molecule has 0 atom stereocenters. The van der Waals surface area contributed by atoms with Gasteiger partial charge in [-0.05, 0) is 25.7 Å². The summed E-state index contributed by atoms with van der Waals surface area (Å²) in [6.07, 6.45) is 2.87. The van der Waals surface area contributed by atoms with Crippen LogP contribution < -0.4 is 0 Å². The van der Waals surface area contributed by atoms with Gasteiger partial charge in [-0.2, -0.15) is 0 Å². The Morgan fingerprint density at radius 3 is 2.23 bits per heavy atom. The first-order valence-electron chi connectivity index (χ1n) is 4.67. The minimum atomic E-state index is 0.288. The van der Waals surface area contributed by atoms with Gasteiger partial charge in [0.25, 0.3) is 0 Å². The second-order valence-electron chi connectivity index (χ2n) is 4.77. The van der Waals surface area contributed by atoms with Gasteiger partial charge in [-0.1, -0.05) is 20.8 Å². The third kappa shape index (κ3) is 3.13. The summed E-state index contributed by atoms with van der Waals surface area (Å²) < 4.78 is 0. The van der Waals surface area contributed by atoms with Crippen LogP contribution in [0.4, 0.5) is 0 Å². The molecule has 13 heavy (non-hydrogen) atoms. The number of aromatic nitrogens is 2. The van der Waals surface area contributed by atoms with E-state index in [1.807, 2.05) is 20.0 Å². The van der Waals surface area contributed by atoms with Crippen molar-refractivity contribution in [3.05, 3.63) is 23.3 Å². The molecular formula is C11H18N2. The van der Waals surface area contributed by atoms with Gasteiger partial charge < -0.3 is 0 Å². The van der Waals surface area contributed by atoms with Crippen molar-refractivity contribution in [3.63, 3.8) is 0 Å². The predicted molar refractivity (Wildman–Crippen MR) is 54.7 cm³/mol. The highest BCUT2D eigenvalue weighted by molar-refractivity contribution is 5.11. The number of hydrogen-bond donors (Lipinski definition) is 0. The second-order valence-corrected chi connectivity index (χ2v) is 4.77. The molecule has 2 heteroatoms. The molecule has 0 bridgehead atoms. The molecule has 2 nitrogen and oxygen atoms in total. The molecular weight excluding hydrogens is 160 g/mol. The molecule has 0 saturated carbocycles. The lowest BCUT2D eigenvalue weighted by Gasteiger charge is -2.17. The normalized spacial score (nSPS) is 11.8. The molecule has 0 aliphatic rings. The average molecular weight is 178 g/mol. The van der Waals surface area contributed by atoms with Crippen LogP contribution in [0.3, 0.4) is 0 Å². The quantitative estimate of drug-likeness (QED) is 0.660. The zero-order valence-corrected chi connectivity index (χ0v) is 9.18. The summed E-state index contributed by atoms with van der Waals surface area (Å²) >= 11 is 0. The highest BCUT2D eigenvalue weighted by Crippen LogP contribution is 2.19. The molecule has 0 unspecified atom stereocenters. The van der Waals surface area contributed by atoms with E-state index in [0.29, 0.717) is 0 Å². The van der Waals surface area contributed by atoms with E-state index in [-0.39, 0.29) is 5.41 Å². The van der Waals surface area contributed by atoms with Gasteiger partial charge in [0.05, 0.1) is 17.1 Å². The zero-order chi connectivity index (χ0) is 10.1. The van der Waals surface area contributed by atoms with Crippen molar-refractivity contribution in [1.29, 1.82) is 0 Å². The summed E-state index contributed by atoms with van der Waals surface area (Å²) in [7, 11) is 0. The highest BCUT2D eigenvalue weighted by atomic mass is 14.8. The smallest absolute Gasteiger partial charge is 0.0595 e. The molecule has 0 aliphatic carbocycles. The number of nitrogens with zero attached hydrogens (tertiary/aromatic N) is 2. The molecule has 0 N–H and O–H groups in total. The Kier molecular flexibility index (Phi) is 2.69. The van der Waals surface area contributed by atoms with Crippen molar-refractivity contribution in [2.75, 3.05) is 0 Å². The number of rotatable bonds is 1. The molecule has 72 valence electrons. The van der Waals surface area contributed by atoms with E-state index < -0.39 is 0 Å². The minimum absolute atomic E-state index is 0.288. The van der Waals surface area contributed by atoms with E-state index in [1.165, 1.54) is 0 Å². The maximum absolute atomic E-state index is 4.50. The first-order valence-corrected chi connectivity index (χ1v) is 4.67. The van der Waals surface area contributed by atoms with Gasteiger partial charge in [0, 0.05) is 6.20 Å². The number of aryl methyl sites for hydroxylation is 2. The van der Waals surface area contributed by atoms with E-state index in [4.69, 9.17) is 0 Å². The van der Waals surface area contributed by atoms with E-state index >= 15 is 0 Å². The number of hydrogen-bond acceptors (Lipinski definition) is 2. The molecule has 0 saturated heterocycles. The Morgan fingerprint density at radius 1 is 1.15 bits per heavy atom. The van der Waals surface area contributed by atoms with E-state index in [0.717, 1.165) is 23.5 Å². The van der Waals surface area contributed by atoms with Crippen LogP contribution in [0.15, 0.2) is 6.20 Å². The van der Waals surface area contributed by atoms with E-state index in [2.05, 4.69) is 30.7 Å². The Balaban J connectivity index is 2.86. The fourth-order valence-electron chi connectivity index (χ4n) is 1.22. The molecule has 1 heterocycles. The van der Waals surface area contributed by atoms with Crippen molar-refractivity contribution in [2.45, 2.75) is 41.0 Å². The molecule has 0 spiro atoms. The fraction of sp³-hybridized carbons (Fsp3) is 0.636. The first-order chi connectivity index (χ1) is 5.88. The van der Waals surface area contributed by atoms with Crippen molar-refractivity contribution in [3.8, 4) is 0 Å². The third-order valence-electron chi connectivity index (χ3n) is 1.95. The van der Waals surface area contributed by atoms with Gasteiger partial charge >= 0.3 is 0 Å². The summed E-state index contributed by atoms with van der Waals surface area (Å²) in [5.41, 5.74) is 3.45. The van der Waals surface area contributed by atoms with Gasteiger partial charge in [-0.15, -0.1) is 0 Å². The molecule has 0 radical (unpaired) electrons. The molecule has 1 aromatic heterocycles. The van der Waals surface area contributed by atoms with E-state index in [1.54, 1.807) is 0 Å². The van der Waals surface area contributed by atoms with Crippen LogP contribution in [-0.2, 0) is 6.42 Å². The van der Waals surface area contributed by atoms with Gasteiger partial charge in [-0.3, -0.25) is 9.97 Å². The van der Waals surface area contributed by atoms with Gasteiger partial charge in [0.1, 0.15) is 0 Å². The highest BCUT2D eigenvalue weighted by Gasteiger charge is 2.12. The summed E-state index contributed by atoms with van der Waals surface area (Å²) in [5, 5.41) is 0. The molecule has 0 aliphatic heterocycles. The lowest BCUT2D eigenvalue weighted by atomic mass is 9.91. The predicted octanol–water partition coefficient (Wildman–Crippen LogP) is 2.68. The van der Waals surface area contributed by atoms with Gasteiger partial charge in [-0.25, -0.2) is 0 Å². The van der Waals surface area contributed by atoms with Crippen molar-refractivity contribution in [2.24, 2.45) is 5.41 Å². The zero-order valence-electron chi connectivity index (χ0n) is 9.18. The lowest BCUT2D eigenvalue weighted by molar-refractivity contribution is 0.405. The van der Waals surface area contributed by atoms with Crippen LogP contribution in [0.1, 0.15) is 37.9 Å². The summed E-state index contributed by atoms with van der Waals surface area (Å²) in [6, 6.07) is 0. The minimum Gasteiger partial charge on any atom is -0.258 e. The maximum Gasteiger partial charge on any atom is 0.0595 e. The third-order valence-corrected chi connectivity index (χ3v) is 1.95. The van der Waals surface area contributed by atoms with Crippen LogP contribution in [-0.4, -0.2) is 9.97 Å². The van der Waals surface area contributed by atoms with Crippen LogP contribution in [0, 0.1) is 19.3 Å². The SMILES string of the molecule is Cc1ncc(CC(C)(C)C)nc1C. The van der Waals surface area contributed by atoms with Gasteiger partial charge in [0.2, 0.25) is 0 Å². The molecule has 1 rings (SSSR count). The monoisotopic (exact) mass is 178 g/mol. The second kappa shape index (κ2) is 3.44. The van der Waals surface area contributed by atoms with Crippen molar-refractivity contribution in [1.82, 2.24) is 9.97 Å². The van der Waals surface area contributed by atoms with Gasteiger partial charge in [0.15, 0.2) is 0 Å². The fourth-order valence-corrected chi connectivity index (χ4v) is 1.22. The Morgan fingerprint density at radius 2 is 1.77 bits per heavy atom. The molecule has 0 amide bonds. The topological polar surface area (TPSA) is 25.8 Å². The Hall–Kier alpha value is -0.920. The van der Waals surface area contributed by atoms with Crippen LogP contribution >= 0.6 is 0 Å². The summed E-state index contributed by atoms with van der Waals surface area (Å²) in [4.78, 5) is 8.80. The maximum atomic E-state index is 4.50. The first kappa shape index (κ1) is 10.2. The van der Waals surface area contributed by atoms with Crippen molar-refractivity contribution >= 4 is 0 Å². The van der Waals surface area contributed by atoms with Crippen LogP contribution in [0.2, 0.25) is 0 Å². The lowest BCUT2D eigenvalue weighted by Crippen LogP contribution is -2.11. The van der Waals surface area contributed by atoms with E-state index in [9.17, 15) is 0 Å². The summed E-state index contributed by atoms with van der Waals surface area (Å²) in [5.74, 6) is 0. The van der Waals surface area contributed by atoms with Crippen LogP contribution in [0.25, 0.3) is 0 Å². The molecule has 0 fully saturated rings.